The summed E-state index contributed by atoms with van der Waals surface area (Å²) in [7, 11) is 0.613. The van der Waals surface area contributed by atoms with E-state index in [0.29, 0.717) is 19.7 Å². The van der Waals surface area contributed by atoms with E-state index in [1.807, 2.05) is 74.4 Å². The van der Waals surface area contributed by atoms with Gasteiger partial charge in [-0.05, 0) is 30.2 Å². The van der Waals surface area contributed by atoms with Crippen LogP contribution in [-0.4, -0.2) is 46.5 Å². The number of aryl methyl sites for hydroxylation is 1. The number of rotatable bonds is 5. The molecule has 1 aliphatic heterocycles. The van der Waals surface area contributed by atoms with Crippen LogP contribution in [0.3, 0.4) is 0 Å². The largest absolute Gasteiger partial charge is 0.378 e. The quantitative estimate of drug-likeness (QED) is 0.807. The van der Waals surface area contributed by atoms with Crippen LogP contribution >= 0.6 is 0 Å². The predicted molar refractivity (Wildman–Crippen MR) is 105 cm³/mol. The number of morpholine rings is 1. The first-order valence-corrected chi connectivity index (χ1v) is 10.4. The molecule has 26 heavy (non-hydrogen) atoms. The van der Waals surface area contributed by atoms with Gasteiger partial charge in [0.25, 0.3) is 0 Å². The highest BCUT2D eigenvalue weighted by atomic mass is 32.2. The molecule has 0 aromatic heterocycles. The maximum absolute atomic E-state index is 12.9. The van der Waals surface area contributed by atoms with Crippen LogP contribution in [0.4, 0.5) is 5.69 Å². The fourth-order valence-electron chi connectivity index (χ4n) is 3.17. The minimum atomic E-state index is -3.37. The summed E-state index contributed by atoms with van der Waals surface area (Å²) in [5.41, 5.74) is 4.00. The molecular formula is C20H26N2O3S. The van der Waals surface area contributed by atoms with Gasteiger partial charge in [0.1, 0.15) is 0 Å². The van der Waals surface area contributed by atoms with E-state index in [1.165, 1.54) is 0 Å². The van der Waals surface area contributed by atoms with Crippen LogP contribution in [0.5, 0.6) is 0 Å². The van der Waals surface area contributed by atoms with Gasteiger partial charge >= 0.3 is 0 Å². The lowest BCUT2D eigenvalue weighted by atomic mass is 10.1. The molecule has 1 atom stereocenters. The maximum atomic E-state index is 12.9. The molecule has 3 rings (SSSR count). The minimum absolute atomic E-state index is 0.0287. The summed E-state index contributed by atoms with van der Waals surface area (Å²) in [5.74, 6) is 0.0287. The molecule has 0 spiro atoms. The van der Waals surface area contributed by atoms with Crippen molar-refractivity contribution in [2.24, 2.45) is 0 Å². The summed E-state index contributed by atoms with van der Waals surface area (Å²) >= 11 is 0. The van der Waals surface area contributed by atoms with Gasteiger partial charge < -0.3 is 9.64 Å². The highest BCUT2D eigenvalue weighted by Crippen LogP contribution is 2.26. The molecule has 1 fully saturated rings. The third-order valence-electron chi connectivity index (χ3n) is 4.64. The first kappa shape index (κ1) is 18.9. The summed E-state index contributed by atoms with van der Waals surface area (Å²) < 4.78 is 33.1. The summed E-state index contributed by atoms with van der Waals surface area (Å²) in [5, 5.41) is 0. The molecule has 140 valence electrons. The summed E-state index contributed by atoms with van der Waals surface area (Å²) in [4.78, 5) is 2.03. The summed E-state index contributed by atoms with van der Waals surface area (Å²) in [6.07, 6.45) is -0.229. The molecule has 6 heteroatoms. The van der Waals surface area contributed by atoms with Gasteiger partial charge in [-0.1, -0.05) is 42.0 Å². The first-order valence-electron chi connectivity index (χ1n) is 8.77. The zero-order valence-corrected chi connectivity index (χ0v) is 16.4. The zero-order valence-electron chi connectivity index (χ0n) is 15.6. The number of sulfonamides is 1. The van der Waals surface area contributed by atoms with E-state index in [0.717, 1.165) is 22.4 Å². The van der Waals surface area contributed by atoms with Crippen molar-refractivity contribution in [3.05, 3.63) is 65.2 Å². The molecule has 0 radical (unpaired) electrons. The standard InChI is InChI=1S/C20H26N2O3S/c1-16-5-4-6-17(13-16)15-26(23,24)22-11-12-25-20(14-22)18-7-9-19(10-8-18)21(2)3/h4-10,13,20H,11-12,14-15H2,1-3H3. The summed E-state index contributed by atoms with van der Waals surface area (Å²) in [6, 6.07) is 15.7. The van der Waals surface area contributed by atoms with Crippen molar-refractivity contribution in [3.8, 4) is 0 Å². The van der Waals surface area contributed by atoms with Crippen LogP contribution in [0.2, 0.25) is 0 Å². The zero-order chi connectivity index (χ0) is 18.7. The number of ether oxygens (including phenoxy) is 1. The van der Waals surface area contributed by atoms with Crippen molar-refractivity contribution in [2.45, 2.75) is 18.8 Å². The van der Waals surface area contributed by atoms with Gasteiger partial charge in [0, 0.05) is 32.9 Å². The van der Waals surface area contributed by atoms with Crippen LogP contribution < -0.4 is 4.90 Å². The lowest BCUT2D eigenvalue weighted by molar-refractivity contribution is -0.00259. The molecule has 0 amide bonds. The van der Waals surface area contributed by atoms with Gasteiger partial charge in [-0.25, -0.2) is 8.42 Å². The molecule has 1 saturated heterocycles. The SMILES string of the molecule is Cc1cccc(CS(=O)(=O)N2CCOC(c3ccc(N(C)C)cc3)C2)c1. The Morgan fingerprint density at radius 1 is 1.15 bits per heavy atom. The number of anilines is 1. The Bertz CT molecular complexity index is 848. The van der Waals surface area contributed by atoms with E-state index in [2.05, 4.69) is 0 Å². The Morgan fingerprint density at radius 3 is 2.54 bits per heavy atom. The molecule has 1 unspecified atom stereocenters. The molecular weight excluding hydrogens is 348 g/mol. The lowest BCUT2D eigenvalue weighted by Gasteiger charge is -2.32. The second-order valence-corrected chi connectivity index (χ2v) is 8.92. The number of hydrogen-bond acceptors (Lipinski definition) is 4. The normalized spacial score (nSPS) is 18.7. The van der Waals surface area contributed by atoms with E-state index < -0.39 is 10.0 Å². The van der Waals surface area contributed by atoms with Crippen LogP contribution in [0.25, 0.3) is 0 Å². The Kier molecular flexibility index (Phi) is 5.65. The Labute approximate surface area is 156 Å². The second-order valence-electron chi connectivity index (χ2n) is 6.95. The third kappa shape index (κ3) is 4.44. The molecule has 0 N–H and O–H groups in total. The van der Waals surface area contributed by atoms with Crippen molar-refractivity contribution in [3.63, 3.8) is 0 Å². The second kappa shape index (κ2) is 7.78. The number of benzene rings is 2. The van der Waals surface area contributed by atoms with Gasteiger partial charge in [0.05, 0.1) is 18.5 Å². The van der Waals surface area contributed by atoms with Gasteiger partial charge in [0.15, 0.2) is 0 Å². The van der Waals surface area contributed by atoms with E-state index in [9.17, 15) is 8.42 Å². The van der Waals surface area contributed by atoms with Crippen molar-refractivity contribution in [2.75, 3.05) is 38.7 Å². The predicted octanol–water partition coefficient (Wildman–Crippen LogP) is 2.96. The molecule has 0 bridgehead atoms. The van der Waals surface area contributed by atoms with Crippen molar-refractivity contribution in [1.82, 2.24) is 4.31 Å². The van der Waals surface area contributed by atoms with Crippen molar-refractivity contribution >= 4 is 15.7 Å². The van der Waals surface area contributed by atoms with Crippen LogP contribution in [0, 0.1) is 6.92 Å². The average molecular weight is 375 g/mol. The monoisotopic (exact) mass is 374 g/mol. The van der Waals surface area contributed by atoms with E-state index in [4.69, 9.17) is 4.74 Å². The van der Waals surface area contributed by atoms with E-state index in [1.54, 1.807) is 4.31 Å². The first-order chi connectivity index (χ1) is 12.3. The fourth-order valence-corrected chi connectivity index (χ4v) is 4.67. The van der Waals surface area contributed by atoms with E-state index >= 15 is 0 Å². The van der Waals surface area contributed by atoms with Gasteiger partial charge in [-0.15, -0.1) is 0 Å². The molecule has 2 aromatic carbocycles. The molecule has 5 nitrogen and oxygen atoms in total. The number of hydrogen-bond donors (Lipinski definition) is 0. The molecule has 2 aromatic rings. The van der Waals surface area contributed by atoms with Crippen LogP contribution in [0.15, 0.2) is 48.5 Å². The van der Waals surface area contributed by atoms with Crippen molar-refractivity contribution in [1.29, 1.82) is 0 Å². The topological polar surface area (TPSA) is 49.9 Å². The smallest absolute Gasteiger partial charge is 0.218 e. The highest BCUT2D eigenvalue weighted by Gasteiger charge is 2.30. The maximum Gasteiger partial charge on any atom is 0.218 e. The Hall–Kier alpha value is -1.89. The third-order valence-corrected chi connectivity index (χ3v) is 6.45. The average Bonchev–Trinajstić information content (AvgIpc) is 2.61. The van der Waals surface area contributed by atoms with Gasteiger partial charge in [-0.3, -0.25) is 0 Å². The van der Waals surface area contributed by atoms with E-state index in [-0.39, 0.29) is 11.9 Å². The highest BCUT2D eigenvalue weighted by molar-refractivity contribution is 7.88. The molecule has 0 aliphatic carbocycles. The van der Waals surface area contributed by atoms with Gasteiger partial charge in [0.2, 0.25) is 10.0 Å². The van der Waals surface area contributed by atoms with Crippen molar-refractivity contribution < 1.29 is 13.2 Å². The molecule has 0 saturated carbocycles. The minimum Gasteiger partial charge on any atom is -0.378 e. The molecule has 1 heterocycles. The number of nitrogens with zero attached hydrogens (tertiary/aromatic N) is 2. The summed E-state index contributed by atoms with van der Waals surface area (Å²) in [6.45, 7) is 3.14. The fraction of sp³-hybridized carbons (Fsp3) is 0.400. The van der Waals surface area contributed by atoms with Gasteiger partial charge in [-0.2, -0.15) is 4.31 Å². The Morgan fingerprint density at radius 2 is 1.88 bits per heavy atom. The lowest BCUT2D eigenvalue weighted by Crippen LogP contribution is -2.42. The van der Waals surface area contributed by atoms with Crippen LogP contribution in [0.1, 0.15) is 22.8 Å². The molecule has 1 aliphatic rings. The Balaban J connectivity index is 1.72. The van der Waals surface area contributed by atoms with Crippen LogP contribution in [-0.2, 0) is 20.5 Å².